The molecule has 0 fully saturated rings. The van der Waals surface area contributed by atoms with Gasteiger partial charge in [-0.3, -0.25) is 8.42 Å². The predicted molar refractivity (Wildman–Crippen MR) is 215 cm³/mol. The van der Waals surface area contributed by atoms with Crippen LogP contribution in [-0.4, -0.2) is 26.7 Å². The van der Waals surface area contributed by atoms with Crippen molar-refractivity contribution in [1.29, 1.82) is 0 Å². The Kier molecular flexibility index (Phi) is 24.4. The van der Waals surface area contributed by atoms with Gasteiger partial charge in [0, 0.05) is 23.2 Å². The van der Waals surface area contributed by atoms with E-state index in [1.807, 2.05) is 0 Å². The van der Waals surface area contributed by atoms with Crippen LogP contribution in [0.25, 0.3) is 0 Å². The number of nitrogens with zero attached hydrogens (tertiary/aromatic N) is 4. The standard InChI is InChI=1S/2C22H35N2.H2O4S/c2*1-3-4-5-6-7-8-9-10-14-17-22-23(2)18-19-24(22)20-21-15-12-11-13-16-21;1-5(2,3)4/h2*11-13,15-16,18-19H,3-10,14,17,20H2,1-2H3;(H2,1,2,3,4)/q2*+1;/p-2. The topological polar surface area (TPSA) is 97.9 Å². The first-order chi connectivity index (χ1) is 25.6. The summed E-state index contributed by atoms with van der Waals surface area (Å²) in [5.74, 6) is 2.89. The molecule has 0 aliphatic rings. The minimum Gasteiger partial charge on any atom is -0.759 e. The second-order valence-electron chi connectivity index (χ2n) is 14.4. The van der Waals surface area contributed by atoms with Crippen molar-refractivity contribution in [3.63, 3.8) is 0 Å². The summed E-state index contributed by atoms with van der Waals surface area (Å²) in [5, 5.41) is 0. The fourth-order valence-corrected chi connectivity index (χ4v) is 6.79. The van der Waals surface area contributed by atoms with Crippen LogP contribution in [0, 0.1) is 0 Å². The molecule has 0 radical (unpaired) electrons. The van der Waals surface area contributed by atoms with E-state index in [0.717, 1.165) is 13.1 Å². The van der Waals surface area contributed by atoms with E-state index in [-0.39, 0.29) is 0 Å². The first kappa shape index (κ1) is 45.9. The lowest BCUT2D eigenvalue weighted by atomic mass is 10.1. The number of rotatable bonds is 24. The number of benzene rings is 2. The van der Waals surface area contributed by atoms with E-state index >= 15 is 0 Å². The molecule has 4 rings (SSSR count). The lowest BCUT2D eigenvalue weighted by molar-refractivity contribution is -0.679. The van der Waals surface area contributed by atoms with E-state index < -0.39 is 10.4 Å². The van der Waals surface area contributed by atoms with Gasteiger partial charge in [-0.1, -0.05) is 177 Å². The smallest absolute Gasteiger partial charge is 0.256 e. The molecule has 0 aliphatic heterocycles. The van der Waals surface area contributed by atoms with Crippen LogP contribution in [-0.2, 0) is 50.4 Å². The molecule has 0 spiro atoms. The highest BCUT2D eigenvalue weighted by Gasteiger charge is 2.15. The molecule has 0 amide bonds. The molecule has 296 valence electrons. The number of aryl methyl sites for hydroxylation is 2. The molecule has 2 heterocycles. The Balaban J connectivity index is 0.000000325. The summed E-state index contributed by atoms with van der Waals surface area (Å²) in [6.07, 6.45) is 36.3. The van der Waals surface area contributed by atoms with Crippen LogP contribution in [0.2, 0.25) is 0 Å². The highest BCUT2D eigenvalue weighted by Crippen LogP contribution is 2.14. The van der Waals surface area contributed by atoms with Crippen molar-refractivity contribution in [2.24, 2.45) is 14.1 Å². The Morgan fingerprint density at radius 1 is 0.491 bits per heavy atom. The average Bonchev–Trinajstić information content (AvgIpc) is 3.66. The van der Waals surface area contributed by atoms with Crippen LogP contribution >= 0.6 is 0 Å². The Morgan fingerprint density at radius 2 is 0.774 bits per heavy atom. The van der Waals surface area contributed by atoms with Crippen LogP contribution in [0.4, 0.5) is 0 Å². The van der Waals surface area contributed by atoms with Crippen molar-refractivity contribution in [1.82, 2.24) is 9.13 Å². The summed E-state index contributed by atoms with van der Waals surface area (Å²) in [5.41, 5.74) is 2.75. The van der Waals surface area contributed by atoms with Crippen LogP contribution in [0.15, 0.2) is 85.5 Å². The molecule has 0 bridgehead atoms. The normalized spacial score (nSPS) is 11.1. The molecule has 0 unspecified atom stereocenters. The van der Waals surface area contributed by atoms with Gasteiger partial charge in [-0.05, 0) is 24.0 Å². The van der Waals surface area contributed by atoms with E-state index in [1.54, 1.807) is 0 Å². The van der Waals surface area contributed by atoms with Crippen molar-refractivity contribution in [3.05, 3.63) is 108 Å². The van der Waals surface area contributed by atoms with Crippen molar-refractivity contribution >= 4 is 10.4 Å². The van der Waals surface area contributed by atoms with E-state index in [2.05, 4.69) is 132 Å². The second-order valence-corrected chi connectivity index (χ2v) is 15.3. The van der Waals surface area contributed by atoms with Crippen molar-refractivity contribution < 1.29 is 26.7 Å². The van der Waals surface area contributed by atoms with Crippen molar-refractivity contribution in [2.75, 3.05) is 0 Å². The van der Waals surface area contributed by atoms with Crippen LogP contribution < -0.4 is 9.13 Å². The molecule has 0 saturated heterocycles. The largest absolute Gasteiger partial charge is 0.759 e. The molecular formula is C44H70N4O4S. The summed E-state index contributed by atoms with van der Waals surface area (Å²) in [6.45, 7) is 6.53. The van der Waals surface area contributed by atoms with Crippen LogP contribution in [0.3, 0.4) is 0 Å². The van der Waals surface area contributed by atoms with Gasteiger partial charge < -0.3 is 9.11 Å². The maximum absolute atomic E-state index is 8.52. The van der Waals surface area contributed by atoms with Gasteiger partial charge in [-0.15, -0.1) is 0 Å². The van der Waals surface area contributed by atoms with E-state index in [9.17, 15) is 0 Å². The zero-order valence-corrected chi connectivity index (χ0v) is 34.3. The van der Waals surface area contributed by atoms with E-state index in [1.165, 1.54) is 151 Å². The SMILES string of the molecule is CCCCCCCCCCCc1n(Cc2ccccc2)cc[n+]1C.CCCCCCCCCCCc1n(Cc2ccccc2)cc[n+]1C.O=S(=O)([O-])[O-]. The fourth-order valence-electron chi connectivity index (χ4n) is 6.79. The lowest BCUT2D eigenvalue weighted by Gasteiger charge is -2.06. The molecule has 0 saturated carbocycles. The zero-order valence-electron chi connectivity index (χ0n) is 33.5. The molecule has 4 aromatic rings. The molecule has 0 aliphatic carbocycles. The summed E-state index contributed by atoms with van der Waals surface area (Å²) >= 11 is 0. The first-order valence-electron chi connectivity index (χ1n) is 20.4. The Labute approximate surface area is 322 Å². The predicted octanol–water partition coefficient (Wildman–Crippen LogP) is 9.53. The Bertz CT molecular complexity index is 1460. The summed E-state index contributed by atoms with van der Waals surface area (Å²) < 4.78 is 43.5. The van der Waals surface area contributed by atoms with Crippen molar-refractivity contribution in [2.45, 2.75) is 155 Å². The fraction of sp³-hybridized carbons (Fsp3) is 0.591. The highest BCUT2D eigenvalue weighted by atomic mass is 32.3. The molecule has 2 aromatic heterocycles. The molecule has 0 atom stereocenters. The third-order valence-electron chi connectivity index (χ3n) is 9.82. The van der Waals surface area contributed by atoms with Gasteiger partial charge in [0.1, 0.15) is 37.9 Å². The van der Waals surface area contributed by atoms with Gasteiger partial charge in [0.05, 0.1) is 14.1 Å². The maximum atomic E-state index is 8.52. The number of unbranched alkanes of at least 4 members (excludes halogenated alkanes) is 16. The number of hydrogen-bond donors (Lipinski definition) is 0. The molecule has 53 heavy (non-hydrogen) atoms. The van der Waals surface area contributed by atoms with Gasteiger partial charge in [0.15, 0.2) is 0 Å². The highest BCUT2D eigenvalue weighted by molar-refractivity contribution is 7.79. The molecule has 9 heteroatoms. The molecule has 0 N–H and O–H groups in total. The minimum atomic E-state index is -5.17. The summed E-state index contributed by atoms with van der Waals surface area (Å²) in [6, 6.07) is 21.5. The van der Waals surface area contributed by atoms with Gasteiger partial charge in [0.25, 0.3) is 11.6 Å². The van der Waals surface area contributed by atoms with Crippen LogP contribution in [0.1, 0.15) is 152 Å². The third-order valence-corrected chi connectivity index (χ3v) is 9.82. The molecular weight excluding hydrogens is 681 g/mol. The zero-order chi connectivity index (χ0) is 38.6. The molecule has 8 nitrogen and oxygen atoms in total. The third kappa shape index (κ3) is 22.5. The van der Waals surface area contributed by atoms with Gasteiger partial charge in [-0.25, -0.2) is 18.3 Å². The molecule has 2 aromatic carbocycles. The van der Waals surface area contributed by atoms with Gasteiger partial charge in [-0.2, -0.15) is 0 Å². The number of hydrogen-bond acceptors (Lipinski definition) is 4. The average molecular weight is 751 g/mol. The number of imidazole rings is 2. The van der Waals surface area contributed by atoms with Crippen LogP contribution in [0.5, 0.6) is 0 Å². The first-order valence-corrected chi connectivity index (χ1v) is 21.8. The lowest BCUT2D eigenvalue weighted by Crippen LogP contribution is -2.32. The summed E-state index contributed by atoms with van der Waals surface area (Å²) in [7, 11) is -0.824. The monoisotopic (exact) mass is 751 g/mol. The number of aromatic nitrogens is 4. The quantitative estimate of drug-likeness (QED) is 0.0308. The van der Waals surface area contributed by atoms with Gasteiger partial charge in [0.2, 0.25) is 0 Å². The Morgan fingerprint density at radius 3 is 1.08 bits per heavy atom. The minimum absolute atomic E-state index is 0.981. The van der Waals surface area contributed by atoms with Gasteiger partial charge >= 0.3 is 0 Å². The second kappa shape index (κ2) is 28.2. The summed E-state index contributed by atoms with van der Waals surface area (Å²) in [4.78, 5) is 0. The maximum Gasteiger partial charge on any atom is 0.256 e. The van der Waals surface area contributed by atoms with E-state index in [4.69, 9.17) is 17.5 Å². The van der Waals surface area contributed by atoms with Crippen molar-refractivity contribution in [3.8, 4) is 0 Å². The van der Waals surface area contributed by atoms with E-state index in [0.29, 0.717) is 0 Å². The Hall–Kier alpha value is -3.27.